The highest BCUT2D eigenvalue weighted by atomic mass is 16.5. The first kappa shape index (κ1) is 18.0. The first-order chi connectivity index (χ1) is 12.0. The molecule has 1 saturated heterocycles. The normalized spacial score (nSPS) is 19.5. The molecular weight excluding hydrogens is 318 g/mol. The van der Waals surface area contributed by atoms with Gasteiger partial charge in [-0.15, -0.1) is 0 Å². The van der Waals surface area contributed by atoms with E-state index in [1.165, 1.54) is 19.3 Å². The van der Waals surface area contributed by atoms with Gasteiger partial charge in [-0.1, -0.05) is 38.3 Å². The van der Waals surface area contributed by atoms with Crippen LogP contribution in [0.5, 0.6) is 0 Å². The molecule has 6 nitrogen and oxygen atoms in total. The van der Waals surface area contributed by atoms with Gasteiger partial charge in [0.05, 0.1) is 5.69 Å². The van der Waals surface area contributed by atoms with E-state index >= 15 is 0 Å². The number of amides is 2. The summed E-state index contributed by atoms with van der Waals surface area (Å²) < 4.78 is 5.35. The molecule has 1 saturated carbocycles. The Morgan fingerprint density at radius 2 is 1.64 bits per heavy atom. The van der Waals surface area contributed by atoms with Crippen molar-refractivity contribution in [3.05, 3.63) is 17.0 Å². The summed E-state index contributed by atoms with van der Waals surface area (Å²) in [5, 5.41) is 3.97. The molecule has 2 fully saturated rings. The first-order valence-corrected chi connectivity index (χ1v) is 9.53. The Labute approximate surface area is 149 Å². The average molecular weight is 347 g/mol. The van der Waals surface area contributed by atoms with Crippen molar-refractivity contribution >= 4 is 11.8 Å². The molecule has 1 aliphatic heterocycles. The van der Waals surface area contributed by atoms with Crippen LogP contribution in [0, 0.1) is 12.8 Å². The van der Waals surface area contributed by atoms with Gasteiger partial charge in [-0.25, -0.2) is 0 Å². The lowest BCUT2D eigenvalue weighted by molar-refractivity contribution is -0.138. The van der Waals surface area contributed by atoms with Crippen LogP contribution in [0.3, 0.4) is 0 Å². The maximum absolute atomic E-state index is 12.9. The summed E-state index contributed by atoms with van der Waals surface area (Å²) in [6.07, 6.45) is 5.63. The zero-order valence-corrected chi connectivity index (χ0v) is 15.6. The Morgan fingerprint density at radius 1 is 1.04 bits per heavy atom. The van der Waals surface area contributed by atoms with Gasteiger partial charge in [-0.05, 0) is 19.8 Å². The largest absolute Gasteiger partial charge is 0.360 e. The van der Waals surface area contributed by atoms with Gasteiger partial charge in [0.15, 0.2) is 5.76 Å². The SMILES string of the molecule is Cc1noc(C(C)C)c1C(=O)N1CCN(C(=O)C2CCCCC2)CC1. The van der Waals surface area contributed by atoms with Crippen LogP contribution in [0.15, 0.2) is 4.52 Å². The molecule has 0 spiro atoms. The average Bonchev–Trinajstić information content (AvgIpc) is 3.03. The standard InChI is InChI=1S/C19H29N3O3/c1-13(2)17-16(14(3)20-25-17)19(24)22-11-9-21(10-12-22)18(23)15-7-5-4-6-8-15/h13,15H,4-12H2,1-3H3. The van der Waals surface area contributed by atoms with Crippen LogP contribution in [0.1, 0.15) is 73.7 Å². The van der Waals surface area contributed by atoms with E-state index in [4.69, 9.17) is 4.52 Å². The maximum atomic E-state index is 12.9. The molecule has 2 heterocycles. The first-order valence-electron chi connectivity index (χ1n) is 9.53. The number of nitrogens with zero attached hydrogens (tertiary/aromatic N) is 3. The summed E-state index contributed by atoms with van der Waals surface area (Å²) in [6.45, 7) is 8.23. The fourth-order valence-electron chi connectivity index (χ4n) is 3.94. The van der Waals surface area contributed by atoms with E-state index in [-0.39, 0.29) is 23.7 Å². The molecule has 1 aliphatic carbocycles. The Kier molecular flexibility index (Phi) is 5.45. The van der Waals surface area contributed by atoms with Crippen LogP contribution in [-0.4, -0.2) is 52.9 Å². The number of carbonyl (C=O) groups is 2. The summed E-state index contributed by atoms with van der Waals surface area (Å²) in [6, 6.07) is 0. The van der Waals surface area contributed by atoms with Crippen molar-refractivity contribution in [2.45, 2.75) is 58.8 Å². The van der Waals surface area contributed by atoms with Gasteiger partial charge < -0.3 is 14.3 Å². The third-order valence-corrected chi connectivity index (χ3v) is 5.46. The molecule has 2 amide bonds. The smallest absolute Gasteiger partial charge is 0.259 e. The van der Waals surface area contributed by atoms with Crippen molar-refractivity contribution < 1.29 is 14.1 Å². The second-order valence-electron chi connectivity index (χ2n) is 7.61. The number of hydrogen-bond donors (Lipinski definition) is 0. The van der Waals surface area contributed by atoms with Crippen LogP contribution in [0.25, 0.3) is 0 Å². The molecule has 0 bridgehead atoms. The van der Waals surface area contributed by atoms with Gasteiger partial charge in [0.25, 0.3) is 5.91 Å². The summed E-state index contributed by atoms with van der Waals surface area (Å²) in [4.78, 5) is 29.3. The van der Waals surface area contributed by atoms with Crippen molar-refractivity contribution in [2.24, 2.45) is 5.92 Å². The number of aromatic nitrogens is 1. The summed E-state index contributed by atoms with van der Waals surface area (Å²) in [7, 11) is 0. The minimum absolute atomic E-state index is 0.0211. The highest BCUT2D eigenvalue weighted by Gasteiger charge is 2.32. The molecular formula is C19H29N3O3. The molecule has 3 rings (SSSR count). The van der Waals surface area contributed by atoms with Crippen molar-refractivity contribution in [3.63, 3.8) is 0 Å². The predicted octanol–water partition coefficient (Wildman–Crippen LogP) is 2.97. The third-order valence-electron chi connectivity index (χ3n) is 5.46. The predicted molar refractivity (Wildman–Crippen MR) is 94.4 cm³/mol. The maximum Gasteiger partial charge on any atom is 0.259 e. The lowest BCUT2D eigenvalue weighted by Gasteiger charge is -2.37. The van der Waals surface area contributed by atoms with Crippen molar-refractivity contribution in [1.82, 2.24) is 15.0 Å². The van der Waals surface area contributed by atoms with E-state index in [9.17, 15) is 9.59 Å². The van der Waals surface area contributed by atoms with E-state index in [1.54, 1.807) is 0 Å². The van der Waals surface area contributed by atoms with Gasteiger partial charge in [0, 0.05) is 38.0 Å². The van der Waals surface area contributed by atoms with Gasteiger partial charge in [-0.2, -0.15) is 0 Å². The zero-order valence-electron chi connectivity index (χ0n) is 15.6. The second kappa shape index (κ2) is 7.58. The van der Waals surface area contributed by atoms with Crippen LogP contribution < -0.4 is 0 Å². The monoisotopic (exact) mass is 347 g/mol. The van der Waals surface area contributed by atoms with Crippen molar-refractivity contribution in [3.8, 4) is 0 Å². The van der Waals surface area contributed by atoms with E-state index in [1.807, 2.05) is 30.6 Å². The van der Waals surface area contributed by atoms with Gasteiger partial charge in [0.1, 0.15) is 5.56 Å². The molecule has 0 atom stereocenters. The molecule has 138 valence electrons. The lowest BCUT2D eigenvalue weighted by Crippen LogP contribution is -2.52. The number of hydrogen-bond acceptors (Lipinski definition) is 4. The lowest BCUT2D eigenvalue weighted by atomic mass is 9.88. The fraction of sp³-hybridized carbons (Fsp3) is 0.737. The van der Waals surface area contributed by atoms with E-state index in [0.29, 0.717) is 43.2 Å². The van der Waals surface area contributed by atoms with E-state index in [2.05, 4.69) is 5.16 Å². The Hall–Kier alpha value is -1.85. The summed E-state index contributed by atoms with van der Waals surface area (Å²) in [5.74, 6) is 1.24. The van der Waals surface area contributed by atoms with Crippen molar-refractivity contribution in [2.75, 3.05) is 26.2 Å². The molecule has 0 N–H and O–H groups in total. The van der Waals surface area contributed by atoms with Crippen LogP contribution in [0.4, 0.5) is 0 Å². The van der Waals surface area contributed by atoms with Crippen LogP contribution >= 0.6 is 0 Å². The molecule has 2 aliphatic rings. The fourth-order valence-corrected chi connectivity index (χ4v) is 3.94. The molecule has 25 heavy (non-hydrogen) atoms. The Balaban J connectivity index is 1.61. The Morgan fingerprint density at radius 3 is 2.24 bits per heavy atom. The van der Waals surface area contributed by atoms with E-state index in [0.717, 1.165) is 12.8 Å². The molecule has 0 unspecified atom stereocenters. The molecule has 6 heteroatoms. The quantitative estimate of drug-likeness (QED) is 0.843. The van der Waals surface area contributed by atoms with Crippen LogP contribution in [0.2, 0.25) is 0 Å². The van der Waals surface area contributed by atoms with Crippen molar-refractivity contribution in [1.29, 1.82) is 0 Å². The molecule has 0 radical (unpaired) electrons. The molecule has 1 aromatic rings. The molecule has 1 aromatic heterocycles. The highest BCUT2D eigenvalue weighted by Crippen LogP contribution is 2.27. The number of carbonyl (C=O) groups excluding carboxylic acids is 2. The molecule has 0 aromatic carbocycles. The minimum Gasteiger partial charge on any atom is -0.360 e. The third kappa shape index (κ3) is 3.72. The number of rotatable bonds is 3. The van der Waals surface area contributed by atoms with Crippen LogP contribution in [-0.2, 0) is 4.79 Å². The number of aryl methyl sites for hydroxylation is 1. The van der Waals surface area contributed by atoms with Gasteiger partial charge in [-0.3, -0.25) is 9.59 Å². The highest BCUT2D eigenvalue weighted by molar-refractivity contribution is 5.96. The topological polar surface area (TPSA) is 66.7 Å². The minimum atomic E-state index is -0.0211. The Bertz CT molecular complexity index is 624. The zero-order chi connectivity index (χ0) is 18.0. The number of piperazine rings is 1. The summed E-state index contributed by atoms with van der Waals surface area (Å²) in [5.41, 5.74) is 1.25. The second-order valence-corrected chi connectivity index (χ2v) is 7.61. The van der Waals surface area contributed by atoms with Gasteiger partial charge >= 0.3 is 0 Å². The van der Waals surface area contributed by atoms with E-state index < -0.39 is 0 Å². The summed E-state index contributed by atoms with van der Waals surface area (Å²) >= 11 is 0. The van der Waals surface area contributed by atoms with Gasteiger partial charge in [0.2, 0.25) is 5.91 Å².